The molecule has 0 bridgehead atoms. The third-order valence-corrected chi connectivity index (χ3v) is 5.53. The Morgan fingerprint density at radius 1 is 1.20 bits per heavy atom. The number of nitrogens with one attached hydrogen (secondary N) is 2. The first-order valence-corrected chi connectivity index (χ1v) is 8.96. The molecule has 0 amide bonds. The van der Waals surface area contributed by atoms with Crippen molar-refractivity contribution in [2.24, 2.45) is 5.92 Å². The average Bonchev–Trinajstić information content (AvgIpc) is 3.31. The molecule has 20 heavy (non-hydrogen) atoms. The van der Waals surface area contributed by atoms with Crippen LogP contribution in [0.25, 0.3) is 0 Å². The lowest BCUT2D eigenvalue weighted by molar-refractivity contribution is 0.581. The van der Waals surface area contributed by atoms with E-state index in [0.29, 0.717) is 10.9 Å². The highest BCUT2D eigenvalue weighted by molar-refractivity contribution is 7.89. The number of benzene rings is 1. The second-order valence-electron chi connectivity index (χ2n) is 5.96. The minimum absolute atomic E-state index is 0.152. The van der Waals surface area contributed by atoms with Crippen molar-refractivity contribution in [1.82, 2.24) is 4.72 Å². The summed E-state index contributed by atoms with van der Waals surface area (Å²) in [5.74, 6) is 0.792. The lowest BCUT2D eigenvalue weighted by Crippen LogP contribution is -2.25. The molecule has 0 saturated heterocycles. The topological polar surface area (TPSA) is 58.2 Å². The fraction of sp³-hybridized carbons (Fsp3) is 0.600. The van der Waals surface area contributed by atoms with Crippen molar-refractivity contribution in [3.63, 3.8) is 0 Å². The van der Waals surface area contributed by atoms with E-state index in [4.69, 9.17) is 0 Å². The van der Waals surface area contributed by atoms with E-state index in [-0.39, 0.29) is 6.04 Å². The zero-order chi connectivity index (χ0) is 14.2. The van der Waals surface area contributed by atoms with Gasteiger partial charge in [-0.15, -0.1) is 0 Å². The van der Waals surface area contributed by atoms with Gasteiger partial charge in [-0.1, -0.05) is 13.3 Å². The van der Waals surface area contributed by atoms with E-state index in [1.807, 2.05) is 12.1 Å². The molecular weight excluding hydrogens is 272 g/mol. The third-order valence-electron chi connectivity index (χ3n) is 4.00. The summed E-state index contributed by atoms with van der Waals surface area (Å²) < 4.78 is 26.8. The summed E-state index contributed by atoms with van der Waals surface area (Å²) in [6.45, 7) is 2.21. The van der Waals surface area contributed by atoms with Gasteiger partial charge in [-0.25, -0.2) is 13.1 Å². The Morgan fingerprint density at radius 2 is 1.90 bits per heavy atom. The average molecular weight is 294 g/mol. The maximum Gasteiger partial charge on any atom is 0.240 e. The molecule has 0 heterocycles. The highest BCUT2D eigenvalue weighted by atomic mass is 32.2. The van der Waals surface area contributed by atoms with Crippen LogP contribution < -0.4 is 10.0 Å². The van der Waals surface area contributed by atoms with Gasteiger partial charge in [-0.3, -0.25) is 0 Å². The molecule has 4 nitrogen and oxygen atoms in total. The fourth-order valence-corrected chi connectivity index (χ4v) is 3.85. The molecule has 1 aromatic carbocycles. The van der Waals surface area contributed by atoms with E-state index >= 15 is 0 Å². The van der Waals surface area contributed by atoms with Crippen LogP contribution in [0.1, 0.15) is 39.0 Å². The molecule has 1 aromatic rings. The lowest BCUT2D eigenvalue weighted by atomic mass is 10.2. The fourth-order valence-electron chi connectivity index (χ4n) is 2.55. The molecule has 2 aliphatic rings. The lowest BCUT2D eigenvalue weighted by Gasteiger charge is -2.08. The van der Waals surface area contributed by atoms with Crippen LogP contribution in [0.4, 0.5) is 5.69 Å². The van der Waals surface area contributed by atoms with Crippen LogP contribution in [-0.2, 0) is 10.0 Å². The Balaban J connectivity index is 1.60. The molecule has 110 valence electrons. The van der Waals surface area contributed by atoms with E-state index in [9.17, 15) is 8.42 Å². The standard InChI is InChI=1S/C15H22N2O2S/c1-2-3-11-10-15(11)16-12-6-8-14(9-7-12)20(18,19)17-13-4-5-13/h6-9,11,13,15-17H,2-5,10H2,1H3. The summed E-state index contributed by atoms with van der Waals surface area (Å²) in [6, 6.07) is 7.82. The molecule has 2 atom stereocenters. The smallest absolute Gasteiger partial charge is 0.240 e. The van der Waals surface area contributed by atoms with Gasteiger partial charge in [0.25, 0.3) is 0 Å². The van der Waals surface area contributed by atoms with Crippen LogP contribution >= 0.6 is 0 Å². The van der Waals surface area contributed by atoms with Crippen LogP contribution in [-0.4, -0.2) is 20.5 Å². The van der Waals surface area contributed by atoms with Crippen molar-refractivity contribution in [3.8, 4) is 0 Å². The molecule has 3 rings (SSSR count). The van der Waals surface area contributed by atoms with Crippen LogP contribution in [0, 0.1) is 5.92 Å². The third kappa shape index (κ3) is 3.33. The molecule has 2 unspecified atom stereocenters. The first-order chi connectivity index (χ1) is 9.58. The van der Waals surface area contributed by atoms with E-state index in [0.717, 1.165) is 24.4 Å². The van der Waals surface area contributed by atoms with Crippen LogP contribution in [0.5, 0.6) is 0 Å². The largest absolute Gasteiger partial charge is 0.382 e. The maximum atomic E-state index is 12.0. The predicted octanol–water partition coefficient (Wildman–Crippen LogP) is 2.73. The van der Waals surface area contributed by atoms with Crippen molar-refractivity contribution in [1.29, 1.82) is 0 Å². The van der Waals surface area contributed by atoms with Gasteiger partial charge in [-0.05, 0) is 55.9 Å². The Labute approximate surface area is 121 Å². The van der Waals surface area contributed by atoms with Gasteiger partial charge in [0.05, 0.1) is 4.90 Å². The van der Waals surface area contributed by atoms with Gasteiger partial charge >= 0.3 is 0 Å². The molecule has 0 aromatic heterocycles. The first kappa shape index (κ1) is 13.9. The quantitative estimate of drug-likeness (QED) is 0.813. The van der Waals surface area contributed by atoms with Gasteiger partial charge in [-0.2, -0.15) is 0 Å². The van der Waals surface area contributed by atoms with Crippen molar-refractivity contribution in [2.45, 2.75) is 56.0 Å². The van der Waals surface area contributed by atoms with E-state index in [2.05, 4.69) is 17.0 Å². The number of hydrogen-bond donors (Lipinski definition) is 2. The van der Waals surface area contributed by atoms with Crippen LogP contribution in [0.15, 0.2) is 29.2 Å². The molecule has 2 saturated carbocycles. The number of hydrogen-bond acceptors (Lipinski definition) is 3. The second-order valence-corrected chi connectivity index (χ2v) is 7.67. The molecule has 2 aliphatic carbocycles. The van der Waals surface area contributed by atoms with Crippen molar-refractivity contribution >= 4 is 15.7 Å². The van der Waals surface area contributed by atoms with E-state index < -0.39 is 10.0 Å². The van der Waals surface area contributed by atoms with Crippen molar-refractivity contribution in [2.75, 3.05) is 5.32 Å². The summed E-state index contributed by atoms with van der Waals surface area (Å²) in [4.78, 5) is 0.357. The second kappa shape index (κ2) is 5.37. The molecule has 2 N–H and O–H groups in total. The van der Waals surface area contributed by atoms with Gasteiger partial charge < -0.3 is 5.32 Å². The molecule has 2 fully saturated rings. The Hall–Kier alpha value is -1.07. The molecule has 5 heteroatoms. The van der Waals surface area contributed by atoms with Crippen molar-refractivity contribution in [3.05, 3.63) is 24.3 Å². The normalized spacial score (nSPS) is 25.4. The SMILES string of the molecule is CCCC1CC1Nc1ccc(S(=O)(=O)NC2CC2)cc1. The summed E-state index contributed by atoms with van der Waals surface area (Å²) in [6.07, 6.45) is 5.65. The van der Waals surface area contributed by atoms with E-state index in [1.54, 1.807) is 12.1 Å². The first-order valence-electron chi connectivity index (χ1n) is 7.47. The Bertz CT molecular complexity index is 564. The summed E-state index contributed by atoms with van der Waals surface area (Å²) >= 11 is 0. The minimum Gasteiger partial charge on any atom is -0.382 e. The summed E-state index contributed by atoms with van der Waals surface area (Å²) in [5, 5.41) is 3.47. The number of rotatable bonds is 7. The Kier molecular flexibility index (Phi) is 3.73. The van der Waals surface area contributed by atoms with Crippen molar-refractivity contribution < 1.29 is 8.42 Å². The maximum absolute atomic E-state index is 12.0. The molecule has 0 aliphatic heterocycles. The molecular formula is C15H22N2O2S. The molecule has 0 spiro atoms. The monoisotopic (exact) mass is 294 g/mol. The summed E-state index contributed by atoms with van der Waals surface area (Å²) in [7, 11) is -3.32. The zero-order valence-corrected chi connectivity index (χ0v) is 12.6. The van der Waals surface area contributed by atoms with E-state index in [1.165, 1.54) is 19.3 Å². The van der Waals surface area contributed by atoms with Gasteiger partial charge in [0.15, 0.2) is 0 Å². The van der Waals surface area contributed by atoms with Gasteiger partial charge in [0, 0.05) is 17.8 Å². The van der Waals surface area contributed by atoms with Gasteiger partial charge in [0.2, 0.25) is 10.0 Å². The van der Waals surface area contributed by atoms with Crippen LogP contribution in [0.3, 0.4) is 0 Å². The predicted molar refractivity (Wildman–Crippen MR) is 80.2 cm³/mol. The zero-order valence-electron chi connectivity index (χ0n) is 11.8. The highest BCUT2D eigenvalue weighted by Crippen LogP contribution is 2.37. The number of anilines is 1. The highest BCUT2D eigenvalue weighted by Gasteiger charge is 2.35. The summed E-state index contributed by atoms with van der Waals surface area (Å²) in [5.41, 5.74) is 1.01. The minimum atomic E-state index is -3.32. The Morgan fingerprint density at radius 3 is 2.50 bits per heavy atom. The van der Waals surface area contributed by atoms with Gasteiger partial charge in [0.1, 0.15) is 0 Å². The number of sulfonamides is 1. The van der Waals surface area contributed by atoms with Crippen LogP contribution in [0.2, 0.25) is 0 Å². The molecule has 0 radical (unpaired) electrons.